The van der Waals surface area contributed by atoms with E-state index in [2.05, 4.69) is 44.0 Å². The molecule has 0 N–H and O–H groups in total. The first-order valence-corrected chi connectivity index (χ1v) is 5.20. The molecule has 1 heterocycles. The smallest absolute Gasteiger partial charge is 0.0389 e. The summed E-state index contributed by atoms with van der Waals surface area (Å²) in [5.41, 5.74) is 0. The highest BCUT2D eigenvalue weighted by Gasteiger charge is 2.13. The van der Waals surface area contributed by atoms with E-state index >= 15 is 0 Å². The topological polar surface area (TPSA) is 0 Å². The van der Waals surface area contributed by atoms with E-state index in [9.17, 15) is 0 Å². The number of thiophene rings is 1. The molecule has 2 heteroatoms. The van der Waals surface area contributed by atoms with E-state index in [1.165, 1.54) is 4.88 Å². The van der Waals surface area contributed by atoms with Gasteiger partial charge in [0.1, 0.15) is 0 Å². The van der Waals surface area contributed by atoms with Crippen molar-refractivity contribution >= 4 is 24.0 Å². The van der Waals surface area contributed by atoms with Gasteiger partial charge in [0.15, 0.2) is 0 Å². The highest BCUT2D eigenvalue weighted by molar-refractivity contribution is 7.80. The molecule has 0 saturated carbocycles. The standard InChI is InChI=1S/C9H13S2/c1-3-7(2)9(10)8-5-4-6-11-8/h4-7,9-10H,2-3H2,1H3. The molecule has 1 aromatic rings. The summed E-state index contributed by atoms with van der Waals surface area (Å²) in [7, 11) is 0. The molecule has 1 radical (unpaired) electrons. The molecule has 2 unspecified atom stereocenters. The number of hydrogen-bond acceptors (Lipinski definition) is 2. The Morgan fingerprint density at radius 3 is 2.91 bits per heavy atom. The lowest BCUT2D eigenvalue weighted by molar-refractivity contribution is 0.616. The normalized spacial score (nSPS) is 16.3. The van der Waals surface area contributed by atoms with Crippen molar-refractivity contribution in [3.05, 3.63) is 29.3 Å². The summed E-state index contributed by atoms with van der Waals surface area (Å²) in [5.74, 6) is 0.428. The summed E-state index contributed by atoms with van der Waals surface area (Å²) < 4.78 is 0. The van der Waals surface area contributed by atoms with E-state index < -0.39 is 0 Å². The van der Waals surface area contributed by atoms with Crippen molar-refractivity contribution in [1.29, 1.82) is 0 Å². The van der Waals surface area contributed by atoms with Crippen LogP contribution in [-0.2, 0) is 0 Å². The van der Waals surface area contributed by atoms with Crippen molar-refractivity contribution in [3.8, 4) is 0 Å². The summed E-state index contributed by atoms with van der Waals surface area (Å²) >= 11 is 6.27. The first-order chi connectivity index (χ1) is 5.25. The van der Waals surface area contributed by atoms with Crippen molar-refractivity contribution in [3.63, 3.8) is 0 Å². The van der Waals surface area contributed by atoms with Crippen LogP contribution in [0.5, 0.6) is 0 Å². The molecular weight excluding hydrogens is 172 g/mol. The SMILES string of the molecule is [CH2]C(CC)C(S)c1cccs1. The van der Waals surface area contributed by atoms with E-state index in [4.69, 9.17) is 0 Å². The second-order valence-corrected chi connectivity index (χ2v) is 4.16. The second-order valence-electron chi connectivity index (χ2n) is 2.63. The lowest BCUT2D eigenvalue weighted by Crippen LogP contribution is -2.00. The Hall–Kier alpha value is 0.0500. The fourth-order valence-electron chi connectivity index (χ4n) is 0.915. The van der Waals surface area contributed by atoms with E-state index in [1.807, 2.05) is 0 Å². The quantitative estimate of drug-likeness (QED) is 0.684. The molecule has 0 bridgehead atoms. The molecule has 1 rings (SSSR count). The zero-order valence-corrected chi connectivity index (χ0v) is 8.37. The average Bonchev–Trinajstić information content (AvgIpc) is 2.53. The first-order valence-electron chi connectivity index (χ1n) is 3.80. The molecule has 2 atom stereocenters. The van der Waals surface area contributed by atoms with Gasteiger partial charge in [-0.3, -0.25) is 0 Å². The minimum atomic E-state index is 0.319. The lowest BCUT2D eigenvalue weighted by atomic mass is 10.0. The molecular formula is C9H13S2. The molecule has 1 aromatic heterocycles. The Balaban J connectivity index is 2.62. The predicted octanol–water partition coefficient (Wildman–Crippen LogP) is 3.58. The third kappa shape index (κ3) is 2.24. The minimum Gasteiger partial charge on any atom is -0.170 e. The van der Waals surface area contributed by atoms with Gasteiger partial charge in [0.05, 0.1) is 0 Å². The average molecular weight is 185 g/mol. The van der Waals surface area contributed by atoms with E-state index in [0.717, 1.165) is 6.42 Å². The highest BCUT2D eigenvalue weighted by Crippen LogP contribution is 2.32. The maximum absolute atomic E-state index is 4.51. The van der Waals surface area contributed by atoms with Crippen LogP contribution in [0.4, 0.5) is 0 Å². The van der Waals surface area contributed by atoms with Crippen molar-refractivity contribution in [1.82, 2.24) is 0 Å². The van der Waals surface area contributed by atoms with Gasteiger partial charge in [0.25, 0.3) is 0 Å². The maximum atomic E-state index is 4.51. The van der Waals surface area contributed by atoms with Crippen molar-refractivity contribution in [2.45, 2.75) is 18.6 Å². The van der Waals surface area contributed by atoms with Gasteiger partial charge in [-0.15, -0.1) is 11.3 Å². The van der Waals surface area contributed by atoms with E-state index in [-0.39, 0.29) is 0 Å². The molecule has 0 spiro atoms. The van der Waals surface area contributed by atoms with Crippen molar-refractivity contribution < 1.29 is 0 Å². The number of rotatable bonds is 3. The van der Waals surface area contributed by atoms with Crippen LogP contribution in [0, 0.1) is 12.8 Å². The molecule has 11 heavy (non-hydrogen) atoms. The zero-order chi connectivity index (χ0) is 8.27. The van der Waals surface area contributed by atoms with Crippen LogP contribution in [0.3, 0.4) is 0 Å². The Morgan fingerprint density at radius 2 is 2.45 bits per heavy atom. The van der Waals surface area contributed by atoms with Crippen LogP contribution in [0.1, 0.15) is 23.5 Å². The van der Waals surface area contributed by atoms with Gasteiger partial charge in [-0.1, -0.05) is 19.4 Å². The summed E-state index contributed by atoms with van der Waals surface area (Å²) in [6.07, 6.45) is 1.09. The maximum Gasteiger partial charge on any atom is 0.0389 e. The van der Waals surface area contributed by atoms with Crippen LogP contribution in [-0.4, -0.2) is 0 Å². The Morgan fingerprint density at radius 1 is 1.73 bits per heavy atom. The van der Waals surface area contributed by atoms with E-state index in [0.29, 0.717) is 11.2 Å². The Labute approximate surface area is 78.1 Å². The molecule has 0 aliphatic heterocycles. The minimum absolute atomic E-state index is 0.319. The number of thiol groups is 1. The fraction of sp³-hybridized carbons (Fsp3) is 0.444. The zero-order valence-electron chi connectivity index (χ0n) is 6.66. The lowest BCUT2D eigenvalue weighted by Gasteiger charge is -2.14. The molecule has 0 aliphatic carbocycles. The monoisotopic (exact) mass is 185 g/mol. The van der Waals surface area contributed by atoms with Crippen LogP contribution < -0.4 is 0 Å². The molecule has 61 valence electrons. The highest BCUT2D eigenvalue weighted by atomic mass is 32.1. The molecule has 0 aromatic carbocycles. The van der Waals surface area contributed by atoms with Crippen LogP contribution in [0.25, 0.3) is 0 Å². The third-order valence-corrected chi connectivity index (χ3v) is 3.64. The molecule has 0 nitrogen and oxygen atoms in total. The first kappa shape index (κ1) is 9.14. The molecule has 0 amide bonds. The predicted molar refractivity (Wildman–Crippen MR) is 55.2 cm³/mol. The fourth-order valence-corrected chi connectivity index (χ4v) is 2.20. The van der Waals surface area contributed by atoms with Crippen molar-refractivity contribution in [2.75, 3.05) is 0 Å². The Bertz CT molecular complexity index is 191. The number of hydrogen-bond donors (Lipinski definition) is 1. The van der Waals surface area contributed by atoms with Crippen LogP contribution >= 0.6 is 24.0 Å². The van der Waals surface area contributed by atoms with Gasteiger partial charge in [-0.05, 0) is 24.3 Å². The Kier molecular flexibility index (Phi) is 3.46. The molecule has 0 aliphatic rings. The van der Waals surface area contributed by atoms with Gasteiger partial charge in [0, 0.05) is 10.1 Å². The van der Waals surface area contributed by atoms with Crippen LogP contribution in [0.15, 0.2) is 17.5 Å². The van der Waals surface area contributed by atoms with Gasteiger partial charge in [-0.25, -0.2) is 0 Å². The largest absolute Gasteiger partial charge is 0.170 e. The summed E-state index contributed by atoms with van der Waals surface area (Å²) in [6, 6.07) is 4.18. The van der Waals surface area contributed by atoms with Crippen LogP contribution in [0.2, 0.25) is 0 Å². The van der Waals surface area contributed by atoms with Crippen molar-refractivity contribution in [2.24, 2.45) is 5.92 Å². The molecule has 0 saturated heterocycles. The van der Waals surface area contributed by atoms with Gasteiger partial charge in [-0.2, -0.15) is 12.6 Å². The van der Waals surface area contributed by atoms with Gasteiger partial charge in [0.2, 0.25) is 0 Å². The third-order valence-electron chi connectivity index (χ3n) is 1.81. The summed E-state index contributed by atoms with van der Waals surface area (Å²) in [4.78, 5) is 1.33. The van der Waals surface area contributed by atoms with Gasteiger partial charge >= 0.3 is 0 Å². The van der Waals surface area contributed by atoms with Gasteiger partial charge < -0.3 is 0 Å². The summed E-state index contributed by atoms with van der Waals surface area (Å²) in [6.45, 7) is 6.19. The van der Waals surface area contributed by atoms with E-state index in [1.54, 1.807) is 11.3 Å². The second kappa shape index (κ2) is 4.17. The molecule has 0 fully saturated rings. The summed E-state index contributed by atoms with van der Waals surface area (Å²) in [5, 5.41) is 2.40.